The number of para-hydroxylation sites is 4. The van der Waals surface area contributed by atoms with Gasteiger partial charge in [0.1, 0.15) is 0 Å². The predicted octanol–water partition coefficient (Wildman–Crippen LogP) is 17.4. The zero-order chi connectivity index (χ0) is 47.0. The van der Waals surface area contributed by atoms with Gasteiger partial charge in [-0.3, -0.25) is 9.59 Å². The number of carbonyl (C=O) groups excluding carboxylic acids is 2. The van der Waals surface area contributed by atoms with E-state index < -0.39 is 0 Å². The number of allylic oxidation sites excluding steroid dienone is 1. The molecule has 2 heterocycles. The molecule has 0 aliphatic heterocycles. The van der Waals surface area contributed by atoms with Gasteiger partial charge in [0, 0.05) is 86.6 Å². The highest BCUT2D eigenvalue weighted by atomic mass is 16.2. The first-order valence-corrected chi connectivity index (χ1v) is 26.8. The van der Waals surface area contributed by atoms with Gasteiger partial charge in [0.05, 0.1) is 5.57 Å². The van der Waals surface area contributed by atoms with E-state index >= 15 is 0 Å². The third-order valence-corrected chi connectivity index (χ3v) is 15.0. The molecule has 0 bridgehead atoms. The second-order valence-electron chi connectivity index (χ2n) is 19.8. The lowest BCUT2D eigenvalue weighted by atomic mass is 10.0. The molecule has 0 saturated heterocycles. The summed E-state index contributed by atoms with van der Waals surface area (Å²) < 4.78 is 5.06. The summed E-state index contributed by atoms with van der Waals surface area (Å²) in [4.78, 5) is 28.7. The summed E-state index contributed by atoms with van der Waals surface area (Å²) in [5.41, 5.74) is 8.89. The van der Waals surface area contributed by atoms with E-state index in [4.69, 9.17) is 0 Å². The summed E-state index contributed by atoms with van der Waals surface area (Å²) in [6.45, 7) is 4.32. The van der Waals surface area contributed by atoms with Gasteiger partial charge in [-0.25, -0.2) is 0 Å². The molecular formula is C64H73N3O2. The van der Waals surface area contributed by atoms with Crippen LogP contribution >= 0.6 is 0 Å². The predicted molar refractivity (Wildman–Crippen MR) is 293 cm³/mol. The lowest BCUT2D eigenvalue weighted by Crippen LogP contribution is -2.25. The molecule has 5 heteroatoms. The Bertz CT molecular complexity index is 2690. The Hall–Kier alpha value is -6.20. The zero-order valence-corrected chi connectivity index (χ0v) is 41.1. The summed E-state index contributed by atoms with van der Waals surface area (Å²) in [5.74, 6) is -0.335. The van der Waals surface area contributed by atoms with Crippen molar-refractivity contribution in [2.24, 2.45) is 0 Å². The fourth-order valence-corrected chi connectivity index (χ4v) is 11.2. The van der Waals surface area contributed by atoms with Crippen LogP contribution in [0.4, 0.5) is 5.69 Å². The smallest absolute Gasteiger partial charge is 0.197 e. The standard InChI is InChI=1S/C64H73N3O2/c68-63-56-35-17-18-36-57(56)64(69)58(63)49-50-41-43-51(44-42-50)65(45-27-13-9-5-1-3-7-11-15-29-47-66-59-37-23-19-31-52(59)53-32-20-24-38-60(53)66)46-28-14-10-6-2-4-8-12-16-30-48-67-61-39-25-21-33-54(61)55-34-22-26-40-62(55)67/h17-26,31-44,49H,1-16,27-30,45-48H2. The Balaban J connectivity index is 0.668. The van der Waals surface area contributed by atoms with E-state index in [1.54, 1.807) is 18.2 Å². The molecule has 0 N–H and O–H groups in total. The molecule has 0 amide bonds. The summed E-state index contributed by atoms with van der Waals surface area (Å²) in [7, 11) is 0. The Labute approximate surface area is 411 Å². The molecule has 0 fully saturated rings. The van der Waals surface area contributed by atoms with Gasteiger partial charge in [-0.1, -0.05) is 212 Å². The van der Waals surface area contributed by atoms with Gasteiger partial charge < -0.3 is 14.0 Å². The van der Waals surface area contributed by atoms with Gasteiger partial charge in [-0.15, -0.1) is 0 Å². The van der Waals surface area contributed by atoms with E-state index in [1.807, 2.05) is 12.1 Å². The Kier molecular flexibility index (Phi) is 16.9. The molecule has 6 aromatic carbocycles. The number of aryl methyl sites for hydroxylation is 2. The number of fused-ring (bicyclic) bond motifs is 7. The van der Waals surface area contributed by atoms with Crippen LogP contribution in [-0.2, 0) is 13.1 Å². The van der Waals surface area contributed by atoms with Gasteiger partial charge in [0.15, 0.2) is 11.6 Å². The molecule has 2 aromatic heterocycles. The third-order valence-electron chi connectivity index (χ3n) is 15.0. The normalized spacial score (nSPS) is 12.6. The first kappa shape index (κ1) is 47.8. The summed E-state index contributed by atoms with van der Waals surface area (Å²) in [6, 6.07) is 51.1. The minimum Gasteiger partial charge on any atom is -0.372 e. The average Bonchev–Trinajstić information content (AvgIpc) is 3.98. The number of hydrogen-bond acceptors (Lipinski definition) is 3. The minimum atomic E-state index is -0.167. The molecular weight excluding hydrogens is 843 g/mol. The lowest BCUT2D eigenvalue weighted by Gasteiger charge is -2.25. The number of Topliss-reactive ketones (excluding diaryl/α,β-unsaturated/α-hetero) is 2. The van der Waals surface area contributed by atoms with Gasteiger partial charge in [0.2, 0.25) is 0 Å². The summed E-state index contributed by atoms with van der Waals surface area (Å²) in [5, 5.41) is 5.48. The first-order chi connectivity index (χ1) is 34.2. The van der Waals surface area contributed by atoms with Crippen LogP contribution < -0.4 is 4.90 Å². The number of ketones is 2. The van der Waals surface area contributed by atoms with Crippen LogP contribution in [0.1, 0.15) is 155 Å². The molecule has 8 aromatic rings. The van der Waals surface area contributed by atoms with Crippen LogP contribution in [0.3, 0.4) is 0 Å². The van der Waals surface area contributed by atoms with Crippen molar-refractivity contribution in [2.75, 3.05) is 18.0 Å². The number of carbonyl (C=O) groups is 2. The number of anilines is 1. The number of hydrogen-bond donors (Lipinski definition) is 0. The van der Waals surface area contributed by atoms with Crippen LogP contribution in [0, 0.1) is 0 Å². The van der Waals surface area contributed by atoms with E-state index in [2.05, 4.69) is 135 Å². The molecule has 0 unspecified atom stereocenters. The van der Waals surface area contributed by atoms with Crippen molar-refractivity contribution in [3.63, 3.8) is 0 Å². The van der Waals surface area contributed by atoms with Crippen molar-refractivity contribution in [2.45, 2.75) is 142 Å². The van der Waals surface area contributed by atoms with Crippen molar-refractivity contribution in [3.8, 4) is 0 Å². The maximum absolute atomic E-state index is 13.1. The fourth-order valence-electron chi connectivity index (χ4n) is 11.2. The Morgan fingerprint density at radius 1 is 0.333 bits per heavy atom. The largest absolute Gasteiger partial charge is 0.372 e. The molecule has 0 spiro atoms. The molecule has 9 rings (SSSR count). The van der Waals surface area contributed by atoms with E-state index in [0.717, 1.165) is 31.7 Å². The molecule has 5 nitrogen and oxygen atoms in total. The Morgan fingerprint density at radius 3 is 1.00 bits per heavy atom. The van der Waals surface area contributed by atoms with Crippen LogP contribution in [0.2, 0.25) is 0 Å². The zero-order valence-electron chi connectivity index (χ0n) is 41.1. The molecule has 356 valence electrons. The van der Waals surface area contributed by atoms with Crippen LogP contribution in [0.15, 0.2) is 151 Å². The first-order valence-electron chi connectivity index (χ1n) is 26.8. The highest BCUT2D eigenvalue weighted by Crippen LogP contribution is 2.32. The quantitative estimate of drug-likeness (QED) is 0.0279. The van der Waals surface area contributed by atoms with E-state index in [1.165, 1.54) is 178 Å². The number of rotatable bonds is 28. The van der Waals surface area contributed by atoms with E-state index in [0.29, 0.717) is 11.1 Å². The third kappa shape index (κ3) is 11.8. The SMILES string of the molecule is O=C1C(=Cc2ccc(N(CCCCCCCCCCCCn3c4ccccc4c4ccccc43)CCCCCCCCCCCCn3c4ccccc4c4ccccc43)cc2)C(=O)c2ccccc21. The number of nitrogens with zero attached hydrogens (tertiary/aromatic N) is 3. The van der Waals surface area contributed by atoms with Gasteiger partial charge in [0.25, 0.3) is 0 Å². The lowest BCUT2D eigenvalue weighted by molar-refractivity contribution is 0.0990. The van der Waals surface area contributed by atoms with E-state index in [-0.39, 0.29) is 17.1 Å². The molecule has 0 atom stereocenters. The minimum absolute atomic E-state index is 0.167. The average molecular weight is 916 g/mol. The molecule has 0 radical (unpaired) electrons. The maximum atomic E-state index is 13.1. The van der Waals surface area contributed by atoms with Gasteiger partial charge >= 0.3 is 0 Å². The van der Waals surface area contributed by atoms with Crippen molar-refractivity contribution < 1.29 is 9.59 Å². The number of aromatic nitrogens is 2. The van der Waals surface area contributed by atoms with Crippen molar-refractivity contribution in [1.29, 1.82) is 0 Å². The van der Waals surface area contributed by atoms with E-state index in [9.17, 15) is 9.59 Å². The van der Waals surface area contributed by atoms with Crippen molar-refractivity contribution in [3.05, 3.63) is 168 Å². The van der Waals surface area contributed by atoms with Gasteiger partial charge in [-0.2, -0.15) is 0 Å². The van der Waals surface area contributed by atoms with Crippen molar-refractivity contribution in [1.82, 2.24) is 9.13 Å². The molecule has 0 saturated carbocycles. The fraction of sp³-hybridized carbons (Fsp3) is 0.375. The topological polar surface area (TPSA) is 47.2 Å². The van der Waals surface area contributed by atoms with Crippen LogP contribution in [0.25, 0.3) is 49.7 Å². The Morgan fingerprint density at radius 2 is 0.638 bits per heavy atom. The summed E-state index contributed by atoms with van der Waals surface area (Å²) in [6.07, 6.45) is 27.8. The second-order valence-corrected chi connectivity index (χ2v) is 19.8. The van der Waals surface area contributed by atoms with Crippen molar-refractivity contribution >= 4 is 66.9 Å². The number of benzene rings is 6. The summed E-state index contributed by atoms with van der Waals surface area (Å²) >= 11 is 0. The maximum Gasteiger partial charge on any atom is 0.197 e. The monoisotopic (exact) mass is 916 g/mol. The second kappa shape index (κ2) is 24.4. The highest BCUT2D eigenvalue weighted by molar-refractivity contribution is 6.41. The van der Waals surface area contributed by atoms with Crippen LogP contribution in [0.5, 0.6) is 0 Å². The molecule has 1 aliphatic carbocycles. The molecule has 69 heavy (non-hydrogen) atoms. The molecule has 1 aliphatic rings. The van der Waals surface area contributed by atoms with Crippen LogP contribution in [-0.4, -0.2) is 33.8 Å². The van der Waals surface area contributed by atoms with Gasteiger partial charge in [-0.05, 0) is 73.7 Å². The number of unbranched alkanes of at least 4 members (excludes halogenated alkanes) is 18. The highest BCUT2D eigenvalue weighted by Gasteiger charge is 2.32.